The molecule has 24 heavy (non-hydrogen) atoms. The topological polar surface area (TPSA) is 108 Å². The van der Waals surface area contributed by atoms with Gasteiger partial charge in [0.1, 0.15) is 11.9 Å². The van der Waals surface area contributed by atoms with E-state index in [2.05, 4.69) is 10.6 Å². The predicted octanol–water partition coefficient (Wildman–Crippen LogP) is 3.37. The minimum absolute atomic E-state index is 0.142. The van der Waals surface area contributed by atoms with Gasteiger partial charge in [-0.25, -0.2) is 4.39 Å². The quantitative estimate of drug-likeness (QED) is 0.646. The Morgan fingerprint density at radius 2 is 2.00 bits per heavy atom. The SMILES string of the molecule is CC(=O)Nc1ccc(F)cc1NC(C#N)c1ccccc1[N+](=O)[O-]. The number of hydrogen-bond donors (Lipinski definition) is 2. The number of nitro benzene ring substituents is 1. The molecule has 7 nitrogen and oxygen atoms in total. The summed E-state index contributed by atoms with van der Waals surface area (Å²) in [5.74, 6) is -0.949. The molecule has 1 amide bonds. The standard InChI is InChI=1S/C16H13FN4O3/c1-10(22)19-13-7-6-11(17)8-14(13)20-15(9-18)12-4-2-3-5-16(12)21(23)24/h2-8,15,20H,1H3,(H,19,22). The molecule has 0 fully saturated rings. The third kappa shape index (κ3) is 3.84. The van der Waals surface area contributed by atoms with Crippen LogP contribution < -0.4 is 10.6 Å². The van der Waals surface area contributed by atoms with E-state index in [1.54, 1.807) is 6.07 Å². The zero-order chi connectivity index (χ0) is 17.7. The number of amides is 1. The Morgan fingerprint density at radius 1 is 1.29 bits per heavy atom. The van der Waals surface area contributed by atoms with E-state index < -0.39 is 16.8 Å². The molecule has 0 heterocycles. The fourth-order valence-electron chi connectivity index (χ4n) is 2.17. The summed E-state index contributed by atoms with van der Waals surface area (Å²) in [4.78, 5) is 21.7. The van der Waals surface area contributed by atoms with Crippen molar-refractivity contribution in [2.45, 2.75) is 13.0 Å². The van der Waals surface area contributed by atoms with Crippen LogP contribution in [0.5, 0.6) is 0 Å². The largest absolute Gasteiger partial charge is 0.364 e. The molecule has 0 bridgehead atoms. The molecule has 8 heteroatoms. The van der Waals surface area contributed by atoms with Gasteiger partial charge < -0.3 is 10.6 Å². The number of rotatable bonds is 5. The Kier molecular flexibility index (Phi) is 5.06. The highest BCUT2D eigenvalue weighted by molar-refractivity contribution is 5.92. The molecule has 0 aliphatic rings. The zero-order valence-corrected chi connectivity index (χ0v) is 12.6. The fourth-order valence-corrected chi connectivity index (χ4v) is 2.17. The van der Waals surface area contributed by atoms with Gasteiger partial charge in [-0.15, -0.1) is 0 Å². The van der Waals surface area contributed by atoms with Crippen LogP contribution in [0.3, 0.4) is 0 Å². The summed E-state index contributed by atoms with van der Waals surface area (Å²) < 4.78 is 13.5. The van der Waals surface area contributed by atoms with Gasteiger partial charge in [-0.1, -0.05) is 12.1 Å². The Morgan fingerprint density at radius 3 is 2.62 bits per heavy atom. The van der Waals surface area contributed by atoms with Gasteiger partial charge in [-0.05, 0) is 24.3 Å². The molecule has 2 N–H and O–H groups in total. The first-order valence-electron chi connectivity index (χ1n) is 6.89. The molecule has 1 unspecified atom stereocenters. The second kappa shape index (κ2) is 7.19. The number of nitrogens with one attached hydrogen (secondary N) is 2. The van der Waals surface area contributed by atoms with Gasteiger partial charge >= 0.3 is 0 Å². The van der Waals surface area contributed by atoms with Gasteiger partial charge in [0.15, 0.2) is 0 Å². The number of nitro groups is 1. The molecule has 0 aliphatic heterocycles. The molecule has 2 aromatic carbocycles. The molecule has 2 aromatic rings. The molecule has 0 aromatic heterocycles. The lowest BCUT2D eigenvalue weighted by molar-refractivity contribution is -0.385. The third-order valence-corrected chi connectivity index (χ3v) is 3.17. The first-order valence-corrected chi connectivity index (χ1v) is 6.89. The maximum absolute atomic E-state index is 13.5. The third-order valence-electron chi connectivity index (χ3n) is 3.17. The van der Waals surface area contributed by atoms with Crippen molar-refractivity contribution in [1.82, 2.24) is 0 Å². The highest BCUT2D eigenvalue weighted by atomic mass is 19.1. The van der Waals surface area contributed by atoms with E-state index in [1.807, 2.05) is 6.07 Å². The highest BCUT2D eigenvalue weighted by Crippen LogP contribution is 2.31. The van der Waals surface area contributed by atoms with Crippen molar-refractivity contribution in [2.24, 2.45) is 0 Å². The van der Waals surface area contributed by atoms with E-state index >= 15 is 0 Å². The number of hydrogen-bond acceptors (Lipinski definition) is 5. The summed E-state index contributed by atoms with van der Waals surface area (Å²) >= 11 is 0. The van der Waals surface area contributed by atoms with Crippen molar-refractivity contribution < 1.29 is 14.1 Å². The number of anilines is 2. The van der Waals surface area contributed by atoms with Gasteiger partial charge in [-0.2, -0.15) is 5.26 Å². The number of carbonyl (C=O) groups excluding carboxylic acids is 1. The second-order valence-electron chi connectivity index (χ2n) is 4.89. The van der Waals surface area contributed by atoms with E-state index in [0.717, 1.165) is 12.1 Å². The van der Waals surface area contributed by atoms with Crippen molar-refractivity contribution in [3.63, 3.8) is 0 Å². The van der Waals surface area contributed by atoms with Gasteiger partial charge in [0.05, 0.1) is 27.9 Å². The van der Waals surface area contributed by atoms with Crippen LogP contribution in [0, 0.1) is 27.3 Å². The number of halogens is 1. The van der Waals surface area contributed by atoms with Crippen molar-refractivity contribution in [1.29, 1.82) is 5.26 Å². The van der Waals surface area contributed by atoms with Crippen LogP contribution in [-0.2, 0) is 4.79 Å². The Hall–Kier alpha value is -3.47. The predicted molar refractivity (Wildman–Crippen MR) is 85.8 cm³/mol. The number of nitrogens with zero attached hydrogens (tertiary/aromatic N) is 2. The molecular formula is C16H13FN4O3. The van der Waals surface area contributed by atoms with Crippen LogP contribution in [0.1, 0.15) is 18.5 Å². The zero-order valence-electron chi connectivity index (χ0n) is 12.6. The molecular weight excluding hydrogens is 315 g/mol. The molecule has 0 saturated heterocycles. The molecule has 2 rings (SSSR count). The van der Waals surface area contributed by atoms with Crippen LogP contribution in [-0.4, -0.2) is 10.8 Å². The number of carbonyl (C=O) groups is 1. The lowest BCUT2D eigenvalue weighted by atomic mass is 10.1. The Labute approximate surface area is 136 Å². The maximum Gasteiger partial charge on any atom is 0.275 e. The average Bonchev–Trinajstić information content (AvgIpc) is 2.54. The van der Waals surface area contributed by atoms with Gasteiger partial charge in [0.2, 0.25) is 5.91 Å². The fraction of sp³-hybridized carbons (Fsp3) is 0.125. The van der Waals surface area contributed by atoms with Crippen molar-refractivity contribution in [2.75, 3.05) is 10.6 Å². The van der Waals surface area contributed by atoms with E-state index in [0.29, 0.717) is 0 Å². The number of benzene rings is 2. The van der Waals surface area contributed by atoms with Gasteiger partial charge in [0.25, 0.3) is 5.69 Å². The van der Waals surface area contributed by atoms with Crippen LogP contribution in [0.15, 0.2) is 42.5 Å². The Balaban J connectivity index is 2.42. The summed E-state index contributed by atoms with van der Waals surface area (Å²) in [5.41, 5.74) is 0.328. The van der Waals surface area contributed by atoms with Gasteiger partial charge in [-0.3, -0.25) is 14.9 Å². The maximum atomic E-state index is 13.5. The van der Waals surface area contributed by atoms with Gasteiger partial charge in [0, 0.05) is 13.0 Å². The van der Waals surface area contributed by atoms with E-state index in [1.165, 1.54) is 31.2 Å². The van der Waals surface area contributed by atoms with E-state index in [-0.39, 0.29) is 28.5 Å². The minimum atomic E-state index is -1.10. The first-order chi connectivity index (χ1) is 11.4. The average molecular weight is 328 g/mol. The molecule has 0 saturated carbocycles. The smallest absolute Gasteiger partial charge is 0.275 e. The highest BCUT2D eigenvalue weighted by Gasteiger charge is 2.22. The summed E-state index contributed by atoms with van der Waals surface area (Å²) in [6.07, 6.45) is 0. The van der Waals surface area contributed by atoms with Crippen molar-refractivity contribution in [3.8, 4) is 6.07 Å². The summed E-state index contributed by atoms with van der Waals surface area (Å²) in [7, 11) is 0. The van der Waals surface area contributed by atoms with Crippen molar-refractivity contribution >= 4 is 23.0 Å². The number of para-hydroxylation sites is 1. The van der Waals surface area contributed by atoms with Crippen LogP contribution in [0.25, 0.3) is 0 Å². The minimum Gasteiger partial charge on any atom is -0.364 e. The molecule has 0 spiro atoms. The van der Waals surface area contributed by atoms with E-state index in [9.17, 15) is 24.6 Å². The Bertz CT molecular complexity index is 832. The second-order valence-corrected chi connectivity index (χ2v) is 4.89. The summed E-state index contributed by atoms with van der Waals surface area (Å²) in [6, 6.07) is 10.2. The summed E-state index contributed by atoms with van der Waals surface area (Å²) in [5, 5.41) is 25.7. The van der Waals surface area contributed by atoms with Crippen molar-refractivity contribution in [3.05, 3.63) is 64.0 Å². The van der Waals surface area contributed by atoms with Crippen LogP contribution in [0.4, 0.5) is 21.5 Å². The van der Waals surface area contributed by atoms with E-state index in [4.69, 9.17) is 0 Å². The van der Waals surface area contributed by atoms with Crippen LogP contribution >= 0.6 is 0 Å². The first kappa shape index (κ1) is 16.9. The number of nitriles is 1. The molecule has 0 aliphatic carbocycles. The normalized spacial score (nSPS) is 11.2. The lowest BCUT2D eigenvalue weighted by Crippen LogP contribution is -2.14. The molecule has 1 atom stereocenters. The van der Waals surface area contributed by atoms with Crippen LogP contribution in [0.2, 0.25) is 0 Å². The molecule has 122 valence electrons. The lowest BCUT2D eigenvalue weighted by Gasteiger charge is -2.17. The summed E-state index contributed by atoms with van der Waals surface area (Å²) in [6.45, 7) is 1.29. The molecule has 0 radical (unpaired) electrons. The monoisotopic (exact) mass is 328 g/mol.